The molecule has 1 heterocycles. The minimum Gasteiger partial charge on any atom is -0.326 e. The molecule has 0 aromatic heterocycles. The Morgan fingerprint density at radius 3 is 2.55 bits per heavy atom. The lowest BCUT2D eigenvalue weighted by atomic mass is 10.0. The zero-order chi connectivity index (χ0) is 14.5. The molecule has 3 nitrogen and oxygen atoms in total. The van der Waals surface area contributed by atoms with Crippen molar-refractivity contribution in [1.82, 2.24) is 10.2 Å². The number of hydrogen-bond donors (Lipinski definition) is 1. The predicted octanol–water partition coefficient (Wildman–Crippen LogP) is 3.54. The summed E-state index contributed by atoms with van der Waals surface area (Å²) in [5.74, 6) is 1.80. The first-order chi connectivity index (χ1) is 9.61. The molecule has 3 heteroatoms. The van der Waals surface area contributed by atoms with E-state index in [0.717, 1.165) is 31.7 Å². The summed E-state index contributed by atoms with van der Waals surface area (Å²) in [6, 6.07) is 0.0649. The van der Waals surface area contributed by atoms with E-state index in [4.69, 9.17) is 0 Å². The van der Waals surface area contributed by atoms with Gasteiger partial charge in [0.2, 0.25) is 5.91 Å². The molecule has 0 spiro atoms. The van der Waals surface area contributed by atoms with Crippen molar-refractivity contribution < 1.29 is 4.79 Å². The van der Waals surface area contributed by atoms with Gasteiger partial charge >= 0.3 is 0 Å². The summed E-state index contributed by atoms with van der Waals surface area (Å²) in [6.45, 7) is 7.57. The summed E-state index contributed by atoms with van der Waals surface area (Å²) >= 11 is 0. The Kier molecular flexibility index (Phi) is 5.88. The Bertz CT molecular complexity index is 310. The lowest BCUT2D eigenvalue weighted by Crippen LogP contribution is -2.38. The topological polar surface area (TPSA) is 32.3 Å². The summed E-state index contributed by atoms with van der Waals surface area (Å²) in [5.41, 5.74) is 0. The Morgan fingerprint density at radius 1 is 1.25 bits per heavy atom. The lowest BCUT2D eigenvalue weighted by molar-refractivity contribution is -0.130. The third kappa shape index (κ3) is 3.97. The fourth-order valence-electron chi connectivity index (χ4n) is 3.79. The molecule has 2 unspecified atom stereocenters. The van der Waals surface area contributed by atoms with Crippen molar-refractivity contribution in [3.8, 4) is 0 Å². The second-order valence-corrected chi connectivity index (χ2v) is 7.12. The van der Waals surface area contributed by atoms with Crippen LogP contribution < -0.4 is 5.32 Å². The summed E-state index contributed by atoms with van der Waals surface area (Å²) < 4.78 is 0. The zero-order valence-corrected chi connectivity index (χ0v) is 13.5. The van der Waals surface area contributed by atoms with E-state index in [0.29, 0.717) is 11.8 Å². The summed E-state index contributed by atoms with van der Waals surface area (Å²) in [7, 11) is 0. The molecule has 1 aliphatic heterocycles. The molecule has 1 saturated heterocycles. The quantitative estimate of drug-likeness (QED) is 0.773. The van der Waals surface area contributed by atoms with Crippen molar-refractivity contribution in [2.45, 2.75) is 84.3 Å². The minimum absolute atomic E-state index is 0.0649. The highest BCUT2D eigenvalue weighted by Crippen LogP contribution is 2.29. The van der Waals surface area contributed by atoms with E-state index in [-0.39, 0.29) is 12.2 Å². The largest absolute Gasteiger partial charge is 0.326 e. The molecule has 0 aromatic carbocycles. The molecular weight excluding hydrogens is 248 g/mol. The number of hydrogen-bond acceptors (Lipinski definition) is 2. The van der Waals surface area contributed by atoms with E-state index in [1.54, 1.807) is 0 Å². The molecule has 0 bridgehead atoms. The normalized spacial score (nSPS) is 28.0. The van der Waals surface area contributed by atoms with E-state index >= 15 is 0 Å². The highest BCUT2D eigenvalue weighted by molar-refractivity contribution is 5.84. The van der Waals surface area contributed by atoms with Crippen LogP contribution in [0.4, 0.5) is 0 Å². The van der Waals surface area contributed by atoms with Crippen molar-refractivity contribution in [3.63, 3.8) is 0 Å². The van der Waals surface area contributed by atoms with Crippen LogP contribution in [-0.2, 0) is 4.79 Å². The van der Waals surface area contributed by atoms with Gasteiger partial charge in [0.1, 0.15) is 0 Å². The molecule has 2 atom stereocenters. The molecule has 0 radical (unpaired) electrons. The maximum Gasteiger partial charge on any atom is 0.241 e. The Labute approximate surface area is 124 Å². The van der Waals surface area contributed by atoms with Gasteiger partial charge in [0, 0.05) is 6.54 Å². The van der Waals surface area contributed by atoms with Gasteiger partial charge in [-0.1, -0.05) is 52.9 Å². The zero-order valence-electron chi connectivity index (χ0n) is 13.5. The number of amides is 1. The molecule has 0 aromatic rings. The molecule has 2 aliphatic rings. The lowest BCUT2D eigenvalue weighted by Gasteiger charge is -2.25. The molecular formula is C17H32N2O. The monoisotopic (exact) mass is 280 g/mol. The van der Waals surface area contributed by atoms with E-state index in [1.165, 1.54) is 32.1 Å². The second-order valence-electron chi connectivity index (χ2n) is 7.12. The van der Waals surface area contributed by atoms with E-state index in [2.05, 4.69) is 31.0 Å². The van der Waals surface area contributed by atoms with Gasteiger partial charge in [-0.25, -0.2) is 0 Å². The van der Waals surface area contributed by atoms with Crippen LogP contribution in [0.1, 0.15) is 72.1 Å². The first-order valence-corrected chi connectivity index (χ1v) is 8.68. The third-order valence-electron chi connectivity index (χ3n) is 4.87. The fraction of sp³-hybridized carbons (Fsp3) is 0.941. The molecule has 2 rings (SSSR count). The molecule has 116 valence electrons. The number of rotatable bonds is 7. The van der Waals surface area contributed by atoms with Gasteiger partial charge in [0.05, 0.1) is 12.2 Å². The third-order valence-corrected chi connectivity index (χ3v) is 4.87. The molecule has 20 heavy (non-hydrogen) atoms. The van der Waals surface area contributed by atoms with Crippen molar-refractivity contribution >= 4 is 5.91 Å². The van der Waals surface area contributed by atoms with Gasteiger partial charge in [-0.15, -0.1) is 0 Å². The second kappa shape index (κ2) is 7.44. The van der Waals surface area contributed by atoms with Gasteiger partial charge in [-0.3, -0.25) is 10.1 Å². The van der Waals surface area contributed by atoms with Gasteiger partial charge in [-0.05, 0) is 31.1 Å². The smallest absolute Gasteiger partial charge is 0.241 e. The van der Waals surface area contributed by atoms with E-state index in [9.17, 15) is 4.79 Å². The van der Waals surface area contributed by atoms with Crippen LogP contribution in [0.5, 0.6) is 0 Å². The molecule has 1 N–H and O–H groups in total. The minimum atomic E-state index is 0.0649. The summed E-state index contributed by atoms with van der Waals surface area (Å²) in [6.07, 6.45) is 10.2. The van der Waals surface area contributed by atoms with Crippen molar-refractivity contribution in [1.29, 1.82) is 0 Å². The first-order valence-electron chi connectivity index (χ1n) is 8.68. The summed E-state index contributed by atoms with van der Waals surface area (Å²) in [4.78, 5) is 14.7. The van der Waals surface area contributed by atoms with Crippen LogP contribution in [0.15, 0.2) is 0 Å². The number of nitrogens with one attached hydrogen (secondary N) is 1. The van der Waals surface area contributed by atoms with Crippen molar-refractivity contribution in [3.05, 3.63) is 0 Å². The van der Waals surface area contributed by atoms with Crippen LogP contribution in [0.25, 0.3) is 0 Å². The van der Waals surface area contributed by atoms with Crippen LogP contribution in [0, 0.1) is 11.8 Å². The maximum absolute atomic E-state index is 12.6. The number of nitrogens with zero attached hydrogens (tertiary/aromatic N) is 1. The van der Waals surface area contributed by atoms with Crippen molar-refractivity contribution in [2.24, 2.45) is 11.8 Å². The van der Waals surface area contributed by atoms with Crippen LogP contribution >= 0.6 is 0 Å². The molecule has 1 saturated carbocycles. The molecule has 1 aliphatic carbocycles. The van der Waals surface area contributed by atoms with E-state index < -0.39 is 0 Å². The number of carbonyl (C=O) groups excluding carboxylic acids is 1. The SMILES string of the molecule is CCCC1NC(CC(C)C)C(=O)N1CCC1CCCC1. The predicted molar refractivity (Wildman–Crippen MR) is 83.4 cm³/mol. The average molecular weight is 280 g/mol. The van der Waals surface area contributed by atoms with Gasteiger partial charge in [0.15, 0.2) is 0 Å². The van der Waals surface area contributed by atoms with Gasteiger partial charge in [-0.2, -0.15) is 0 Å². The number of carbonyl (C=O) groups is 1. The van der Waals surface area contributed by atoms with E-state index in [1.807, 2.05) is 0 Å². The van der Waals surface area contributed by atoms with Crippen LogP contribution in [-0.4, -0.2) is 29.6 Å². The fourth-order valence-corrected chi connectivity index (χ4v) is 3.79. The van der Waals surface area contributed by atoms with Crippen molar-refractivity contribution in [2.75, 3.05) is 6.54 Å². The average Bonchev–Trinajstić information content (AvgIpc) is 2.98. The van der Waals surface area contributed by atoms with Gasteiger partial charge < -0.3 is 4.90 Å². The van der Waals surface area contributed by atoms with Crippen LogP contribution in [0.2, 0.25) is 0 Å². The Morgan fingerprint density at radius 2 is 1.95 bits per heavy atom. The summed E-state index contributed by atoms with van der Waals surface area (Å²) in [5, 5.41) is 3.57. The van der Waals surface area contributed by atoms with Gasteiger partial charge in [0.25, 0.3) is 0 Å². The highest BCUT2D eigenvalue weighted by atomic mass is 16.2. The maximum atomic E-state index is 12.6. The molecule has 1 amide bonds. The Hall–Kier alpha value is -0.570. The Balaban J connectivity index is 1.90. The standard InChI is InChI=1S/C17H32N2O/c1-4-7-16-18-15(12-13(2)3)17(20)19(16)11-10-14-8-5-6-9-14/h13-16,18H,4-12H2,1-3H3. The highest BCUT2D eigenvalue weighted by Gasteiger charge is 2.38. The van der Waals surface area contributed by atoms with Crippen LogP contribution in [0.3, 0.4) is 0 Å². The first kappa shape index (κ1) is 15.8. The molecule has 2 fully saturated rings.